The first-order valence-corrected chi connectivity index (χ1v) is 7.91. The Morgan fingerprint density at radius 2 is 1.81 bits per heavy atom. The number of benzene rings is 2. The van der Waals surface area contributed by atoms with E-state index >= 15 is 0 Å². The third-order valence-corrected chi connectivity index (χ3v) is 4.05. The SMILES string of the molecule is CCOc1ccc(CN(C)C(=O)c2ccccc2I)cc1. The summed E-state index contributed by atoms with van der Waals surface area (Å²) in [4.78, 5) is 14.2. The highest BCUT2D eigenvalue weighted by Gasteiger charge is 2.14. The van der Waals surface area contributed by atoms with Gasteiger partial charge in [0.05, 0.1) is 12.2 Å². The molecule has 0 saturated carbocycles. The van der Waals surface area contributed by atoms with Crippen molar-refractivity contribution in [3.05, 3.63) is 63.2 Å². The van der Waals surface area contributed by atoms with E-state index < -0.39 is 0 Å². The number of amides is 1. The fourth-order valence-electron chi connectivity index (χ4n) is 2.04. The van der Waals surface area contributed by atoms with E-state index in [9.17, 15) is 4.79 Å². The van der Waals surface area contributed by atoms with Gasteiger partial charge < -0.3 is 9.64 Å². The number of nitrogens with zero attached hydrogens (tertiary/aromatic N) is 1. The summed E-state index contributed by atoms with van der Waals surface area (Å²) in [5, 5.41) is 0. The Morgan fingerprint density at radius 1 is 1.14 bits per heavy atom. The molecule has 0 N–H and O–H groups in total. The lowest BCUT2D eigenvalue weighted by molar-refractivity contribution is 0.0784. The number of halogens is 1. The molecular weight excluding hydrogens is 377 g/mol. The minimum Gasteiger partial charge on any atom is -0.494 e. The van der Waals surface area contributed by atoms with E-state index in [1.807, 2.05) is 62.5 Å². The molecule has 0 heterocycles. The maximum absolute atomic E-state index is 12.4. The van der Waals surface area contributed by atoms with Crippen LogP contribution in [0.25, 0.3) is 0 Å². The maximum Gasteiger partial charge on any atom is 0.254 e. The third-order valence-electron chi connectivity index (χ3n) is 3.11. The van der Waals surface area contributed by atoms with Crippen LogP contribution in [0.4, 0.5) is 0 Å². The number of hydrogen-bond donors (Lipinski definition) is 0. The van der Waals surface area contributed by atoms with E-state index in [0.29, 0.717) is 13.2 Å². The lowest BCUT2D eigenvalue weighted by Crippen LogP contribution is -2.26. The van der Waals surface area contributed by atoms with Crippen LogP contribution in [0.2, 0.25) is 0 Å². The van der Waals surface area contributed by atoms with Crippen LogP contribution < -0.4 is 4.74 Å². The number of ether oxygens (including phenoxy) is 1. The summed E-state index contributed by atoms with van der Waals surface area (Å²) in [5.41, 5.74) is 1.83. The Balaban J connectivity index is 2.05. The number of carbonyl (C=O) groups excluding carboxylic acids is 1. The summed E-state index contributed by atoms with van der Waals surface area (Å²) < 4.78 is 6.39. The molecule has 2 aromatic rings. The van der Waals surface area contributed by atoms with Gasteiger partial charge in [0.15, 0.2) is 0 Å². The molecule has 0 atom stereocenters. The topological polar surface area (TPSA) is 29.5 Å². The molecule has 0 aliphatic carbocycles. The fraction of sp³-hybridized carbons (Fsp3) is 0.235. The second kappa shape index (κ2) is 7.45. The van der Waals surface area contributed by atoms with E-state index in [4.69, 9.17) is 4.74 Å². The minimum atomic E-state index is 0.0360. The largest absolute Gasteiger partial charge is 0.494 e. The molecule has 0 bridgehead atoms. The number of rotatable bonds is 5. The Kier molecular flexibility index (Phi) is 5.61. The fourth-order valence-corrected chi connectivity index (χ4v) is 2.66. The van der Waals surface area contributed by atoms with Crippen molar-refractivity contribution in [3.63, 3.8) is 0 Å². The van der Waals surface area contributed by atoms with E-state index in [-0.39, 0.29) is 5.91 Å². The smallest absolute Gasteiger partial charge is 0.254 e. The molecule has 0 fully saturated rings. The molecule has 0 aliphatic heterocycles. The van der Waals surface area contributed by atoms with Crippen molar-refractivity contribution in [2.45, 2.75) is 13.5 Å². The highest BCUT2D eigenvalue weighted by Crippen LogP contribution is 2.16. The van der Waals surface area contributed by atoms with Crippen LogP contribution in [-0.4, -0.2) is 24.5 Å². The highest BCUT2D eigenvalue weighted by molar-refractivity contribution is 14.1. The van der Waals surface area contributed by atoms with E-state index in [1.54, 1.807) is 4.90 Å². The van der Waals surface area contributed by atoms with Gasteiger partial charge in [-0.05, 0) is 59.3 Å². The van der Waals surface area contributed by atoms with Gasteiger partial charge in [0, 0.05) is 17.2 Å². The summed E-state index contributed by atoms with van der Waals surface area (Å²) in [5.74, 6) is 0.890. The lowest BCUT2D eigenvalue weighted by Gasteiger charge is -2.18. The molecule has 4 heteroatoms. The van der Waals surface area contributed by atoms with Crippen molar-refractivity contribution < 1.29 is 9.53 Å². The molecule has 2 aromatic carbocycles. The Hall–Kier alpha value is -1.56. The first kappa shape index (κ1) is 15.8. The Bertz CT molecular complexity index is 610. The Morgan fingerprint density at radius 3 is 2.43 bits per heavy atom. The first-order valence-electron chi connectivity index (χ1n) is 6.83. The van der Waals surface area contributed by atoms with Crippen LogP contribution in [-0.2, 0) is 6.54 Å². The van der Waals surface area contributed by atoms with Gasteiger partial charge in [-0.2, -0.15) is 0 Å². The van der Waals surface area contributed by atoms with Crippen molar-refractivity contribution in [2.75, 3.05) is 13.7 Å². The van der Waals surface area contributed by atoms with E-state index in [1.165, 1.54) is 0 Å². The van der Waals surface area contributed by atoms with Gasteiger partial charge in [-0.15, -0.1) is 0 Å². The molecule has 0 aliphatic rings. The van der Waals surface area contributed by atoms with Crippen LogP contribution in [0.1, 0.15) is 22.8 Å². The van der Waals surface area contributed by atoms with Crippen molar-refractivity contribution in [1.82, 2.24) is 4.90 Å². The average Bonchev–Trinajstić information content (AvgIpc) is 2.49. The zero-order chi connectivity index (χ0) is 15.2. The first-order chi connectivity index (χ1) is 10.1. The molecule has 0 spiro atoms. The second-order valence-corrected chi connectivity index (χ2v) is 5.88. The molecule has 0 unspecified atom stereocenters. The van der Waals surface area contributed by atoms with E-state index in [2.05, 4.69) is 22.6 Å². The number of carbonyl (C=O) groups is 1. The molecule has 110 valence electrons. The third kappa shape index (κ3) is 4.20. The van der Waals surface area contributed by atoms with Crippen molar-refractivity contribution >= 4 is 28.5 Å². The molecule has 0 radical (unpaired) electrons. The van der Waals surface area contributed by atoms with Gasteiger partial charge in [0.1, 0.15) is 5.75 Å². The highest BCUT2D eigenvalue weighted by atomic mass is 127. The second-order valence-electron chi connectivity index (χ2n) is 4.72. The number of hydrogen-bond acceptors (Lipinski definition) is 2. The molecular formula is C17H18INO2. The monoisotopic (exact) mass is 395 g/mol. The van der Waals surface area contributed by atoms with Crippen LogP contribution in [0.5, 0.6) is 5.75 Å². The Labute approximate surface area is 139 Å². The van der Waals surface area contributed by atoms with E-state index in [0.717, 1.165) is 20.4 Å². The molecule has 1 amide bonds. The zero-order valence-corrected chi connectivity index (χ0v) is 14.3. The van der Waals surface area contributed by atoms with Crippen LogP contribution >= 0.6 is 22.6 Å². The molecule has 0 saturated heterocycles. The minimum absolute atomic E-state index is 0.0360. The van der Waals surface area contributed by atoms with Gasteiger partial charge in [0.25, 0.3) is 5.91 Å². The van der Waals surface area contributed by atoms with Gasteiger partial charge >= 0.3 is 0 Å². The van der Waals surface area contributed by atoms with Crippen molar-refractivity contribution in [2.24, 2.45) is 0 Å². The van der Waals surface area contributed by atoms with Gasteiger partial charge in [-0.1, -0.05) is 24.3 Å². The molecule has 0 aromatic heterocycles. The average molecular weight is 395 g/mol. The summed E-state index contributed by atoms with van der Waals surface area (Å²) in [6.07, 6.45) is 0. The standard InChI is InChI=1S/C17H18INO2/c1-3-21-14-10-8-13(9-11-14)12-19(2)17(20)15-6-4-5-7-16(15)18/h4-11H,3,12H2,1-2H3. The van der Waals surface area contributed by atoms with Gasteiger partial charge in [-0.3, -0.25) is 4.79 Å². The van der Waals surface area contributed by atoms with Crippen molar-refractivity contribution in [1.29, 1.82) is 0 Å². The normalized spacial score (nSPS) is 10.2. The molecule has 21 heavy (non-hydrogen) atoms. The predicted octanol–water partition coefficient (Wildman–Crippen LogP) is 3.96. The van der Waals surface area contributed by atoms with Crippen LogP contribution in [0, 0.1) is 3.57 Å². The maximum atomic E-state index is 12.4. The molecule has 3 nitrogen and oxygen atoms in total. The van der Waals surface area contributed by atoms with Crippen LogP contribution in [0.15, 0.2) is 48.5 Å². The zero-order valence-electron chi connectivity index (χ0n) is 12.2. The quantitative estimate of drug-likeness (QED) is 0.718. The van der Waals surface area contributed by atoms with Crippen LogP contribution in [0.3, 0.4) is 0 Å². The lowest BCUT2D eigenvalue weighted by atomic mass is 10.1. The van der Waals surface area contributed by atoms with Crippen molar-refractivity contribution in [3.8, 4) is 5.75 Å². The summed E-state index contributed by atoms with van der Waals surface area (Å²) in [7, 11) is 1.82. The predicted molar refractivity (Wildman–Crippen MR) is 92.6 cm³/mol. The summed E-state index contributed by atoms with van der Waals surface area (Å²) in [6.45, 7) is 3.20. The summed E-state index contributed by atoms with van der Waals surface area (Å²) >= 11 is 2.19. The van der Waals surface area contributed by atoms with Gasteiger partial charge in [0.2, 0.25) is 0 Å². The molecule has 2 rings (SSSR count). The summed E-state index contributed by atoms with van der Waals surface area (Å²) in [6, 6.07) is 15.5. The van der Waals surface area contributed by atoms with Gasteiger partial charge in [-0.25, -0.2) is 0 Å².